The average Bonchev–Trinajstić information content (AvgIpc) is 2.80. The third-order valence-electron chi connectivity index (χ3n) is 2.69. The molecular formula is C14H7BrClN3S. The van der Waals surface area contributed by atoms with Crippen molar-refractivity contribution in [2.45, 2.75) is 0 Å². The summed E-state index contributed by atoms with van der Waals surface area (Å²) >= 11 is 11.0. The lowest BCUT2D eigenvalue weighted by atomic mass is 10.2. The van der Waals surface area contributed by atoms with E-state index >= 15 is 0 Å². The molecule has 0 bridgehead atoms. The van der Waals surface area contributed by atoms with Crippen molar-refractivity contribution in [2.24, 2.45) is 0 Å². The molecule has 3 nitrogen and oxygen atoms in total. The number of nitrogens with one attached hydrogen (secondary N) is 1. The van der Waals surface area contributed by atoms with Gasteiger partial charge in [-0.05, 0) is 36.4 Å². The number of anilines is 2. The van der Waals surface area contributed by atoms with Crippen LogP contribution in [0.4, 0.5) is 10.8 Å². The van der Waals surface area contributed by atoms with Gasteiger partial charge < -0.3 is 5.32 Å². The molecule has 6 heteroatoms. The van der Waals surface area contributed by atoms with E-state index in [2.05, 4.69) is 26.2 Å². The van der Waals surface area contributed by atoms with Crippen molar-refractivity contribution in [3.8, 4) is 6.07 Å². The molecule has 2 aromatic carbocycles. The first-order chi connectivity index (χ1) is 9.65. The number of rotatable bonds is 2. The molecular weight excluding hydrogens is 358 g/mol. The van der Waals surface area contributed by atoms with Gasteiger partial charge in [-0.2, -0.15) is 5.26 Å². The molecule has 0 amide bonds. The normalized spacial score (nSPS) is 10.4. The van der Waals surface area contributed by atoms with E-state index in [1.54, 1.807) is 23.5 Å². The van der Waals surface area contributed by atoms with Crippen LogP contribution in [-0.2, 0) is 0 Å². The second kappa shape index (κ2) is 5.41. The molecule has 1 heterocycles. The van der Waals surface area contributed by atoms with E-state index < -0.39 is 0 Å². The Bertz CT molecular complexity index is 838. The Kier molecular flexibility index (Phi) is 3.62. The van der Waals surface area contributed by atoms with E-state index in [0.717, 1.165) is 25.5 Å². The molecule has 1 aromatic heterocycles. The summed E-state index contributed by atoms with van der Waals surface area (Å²) in [5.41, 5.74) is 2.22. The molecule has 20 heavy (non-hydrogen) atoms. The molecule has 0 saturated carbocycles. The molecule has 3 aromatic rings. The SMILES string of the molecule is N#Cc1ccc(Nc2nc3ccc(Br)cc3s2)cc1Cl. The first-order valence-electron chi connectivity index (χ1n) is 5.68. The van der Waals surface area contributed by atoms with Crippen LogP contribution in [0.2, 0.25) is 5.02 Å². The lowest BCUT2D eigenvalue weighted by molar-refractivity contribution is 1.43. The molecule has 98 valence electrons. The van der Waals surface area contributed by atoms with Crippen molar-refractivity contribution in [1.29, 1.82) is 5.26 Å². The largest absolute Gasteiger partial charge is 0.331 e. The minimum absolute atomic E-state index is 0.432. The van der Waals surface area contributed by atoms with Crippen LogP contribution in [0.1, 0.15) is 5.56 Å². The van der Waals surface area contributed by atoms with Gasteiger partial charge in [0.15, 0.2) is 5.13 Å². The van der Waals surface area contributed by atoms with E-state index in [9.17, 15) is 0 Å². The van der Waals surface area contributed by atoms with Crippen molar-refractivity contribution >= 4 is 59.9 Å². The van der Waals surface area contributed by atoms with Crippen molar-refractivity contribution in [3.63, 3.8) is 0 Å². The van der Waals surface area contributed by atoms with Crippen LogP contribution >= 0.6 is 38.9 Å². The molecule has 0 radical (unpaired) electrons. The van der Waals surface area contributed by atoms with Crippen LogP contribution in [0, 0.1) is 11.3 Å². The Morgan fingerprint density at radius 2 is 2.10 bits per heavy atom. The number of hydrogen-bond acceptors (Lipinski definition) is 4. The van der Waals surface area contributed by atoms with Crippen molar-refractivity contribution in [3.05, 3.63) is 51.5 Å². The van der Waals surface area contributed by atoms with Crippen LogP contribution in [0.25, 0.3) is 10.2 Å². The first-order valence-corrected chi connectivity index (χ1v) is 7.67. The van der Waals surface area contributed by atoms with Gasteiger partial charge in [-0.1, -0.05) is 38.9 Å². The van der Waals surface area contributed by atoms with Gasteiger partial charge in [-0.15, -0.1) is 0 Å². The maximum Gasteiger partial charge on any atom is 0.188 e. The molecule has 0 spiro atoms. The minimum Gasteiger partial charge on any atom is -0.331 e. The molecule has 0 atom stereocenters. The van der Waals surface area contributed by atoms with Gasteiger partial charge in [-0.3, -0.25) is 0 Å². The average molecular weight is 365 g/mol. The smallest absolute Gasteiger partial charge is 0.188 e. The molecule has 0 saturated heterocycles. The highest BCUT2D eigenvalue weighted by Crippen LogP contribution is 2.31. The third kappa shape index (κ3) is 2.63. The van der Waals surface area contributed by atoms with Gasteiger partial charge in [0.05, 0.1) is 20.8 Å². The molecule has 1 N–H and O–H groups in total. The van der Waals surface area contributed by atoms with E-state index in [4.69, 9.17) is 16.9 Å². The second-order valence-electron chi connectivity index (χ2n) is 4.06. The standard InChI is InChI=1S/C14H7BrClN3S/c15-9-2-4-12-13(5-9)20-14(19-12)18-10-3-1-8(7-17)11(16)6-10/h1-6H,(H,18,19). The Balaban J connectivity index is 1.93. The van der Waals surface area contributed by atoms with Crippen molar-refractivity contribution < 1.29 is 0 Å². The summed E-state index contributed by atoms with van der Waals surface area (Å²) in [5, 5.41) is 13.3. The van der Waals surface area contributed by atoms with Crippen LogP contribution in [0.5, 0.6) is 0 Å². The number of nitriles is 1. The van der Waals surface area contributed by atoms with Gasteiger partial charge in [0.1, 0.15) is 6.07 Å². The lowest BCUT2D eigenvalue weighted by Gasteiger charge is -2.03. The number of fused-ring (bicyclic) bond motifs is 1. The Morgan fingerprint density at radius 1 is 1.25 bits per heavy atom. The third-order valence-corrected chi connectivity index (χ3v) is 4.43. The number of nitrogens with zero attached hydrogens (tertiary/aromatic N) is 2. The van der Waals surface area contributed by atoms with Crippen molar-refractivity contribution in [1.82, 2.24) is 4.98 Å². The van der Waals surface area contributed by atoms with Crippen molar-refractivity contribution in [2.75, 3.05) is 5.32 Å². The van der Waals surface area contributed by atoms with E-state index in [-0.39, 0.29) is 0 Å². The topological polar surface area (TPSA) is 48.7 Å². The summed E-state index contributed by atoms with van der Waals surface area (Å²) in [7, 11) is 0. The fraction of sp³-hybridized carbons (Fsp3) is 0. The number of halogens is 2. The molecule has 0 aliphatic heterocycles. The summed E-state index contributed by atoms with van der Waals surface area (Å²) in [4.78, 5) is 4.50. The van der Waals surface area contributed by atoms with Gasteiger partial charge in [0, 0.05) is 10.2 Å². The highest BCUT2D eigenvalue weighted by molar-refractivity contribution is 9.10. The minimum atomic E-state index is 0.432. The van der Waals surface area contributed by atoms with E-state index in [1.165, 1.54) is 0 Å². The van der Waals surface area contributed by atoms with Gasteiger partial charge in [0.2, 0.25) is 0 Å². The zero-order valence-corrected chi connectivity index (χ0v) is 13.2. The number of benzene rings is 2. The summed E-state index contributed by atoms with van der Waals surface area (Å²) < 4.78 is 2.13. The second-order valence-corrected chi connectivity index (χ2v) is 6.42. The van der Waals surface area contributed by atoms with Gasteiger partial charge in [0.25, 0.3) is 0 Å². The van der Waals surface area contributed by atoms with Crippen LogP contribution in [0.3, 0.4) is 0 Å². The predicted molar refractivity (Wildman–Crippen MR) is 86.8 cm³/mol. The van der Waals surface area contributed by atoms with E-state index in [0.29, 0.717) is 10.6 Å². The predicted octanol–water partition coefficient (Wildman–Crippen LogP) is 5.33. The quantitative estimate of drug-likeness (QED) is 0.669. The van der Waals surface area contributed by atoms with Crippen LogP contribution in [0.15, 0.2) is 40.9 Å². The highest BCUT2D eigenvalue weighted by Gasteiger charge is 2.06. The number of thiazole rings is 1. The summed E-state index contributed by atoms with van der Waals surface area (Å²) in [6.45, 7) is 0. The molecule has 0 unspecified atom stereocenters. The molecule has 0 aliphatic rings. The Labute approximate surface area is 133 Å². The summed E-state index contributed by atoms with van der Waals surface area (Å²) in [6, 6.07) is 13.2. The van der Waals surface area contributed by atoms with Crippen LogP contribution < -0.4 is 5.32 Å². The lowest BCUT2D eigenvalue weighted by Crippen LogP contribution is -1.89. The number of aromatic nitrogens is 1. The maximum atomic E-state index is 8.85. The maximum absolute atomic E-state index is 8.85. The van der Waals surface area contributed by atoms with E-state index in [1.807, 2.05) is 30.3 Å². The first kappa shape index (κ1) is 13.4. The molecule has 0 aliphatic carbocycles. The Morgan fingerprint density at radius 3 is 2.85 bits per heavy atom. The fourth-order valence-electron chi connectivity index (χ4n) is 1.76. The summed E-state index contributed by atoms with van der Waals surface area (Å²) in [6.07, 6.45) is 0. The Hall–Kier alpha value is -1.61. The zero-order valence-electron chi connectivity index (χ0n) is 10.0. The molecule has 3 rings (SSSR count). The summed E-state index contributed by atoms with van der Waals surface area (Å²) in [5.74, 6) is 0. The highest BCUT2D eigenvalue weighted by atomic mass is 79.9. The molecule has 0 fully saturated rings. The van der Waals surface area contributed by atoms with Gasteiger partial charge in [-0.25, -0.2) is 4.98 Å². The fourth-order valence-corrected chi connectivity index (χ4v) is 3.42. The number of hydrogen-bond donors (Lipinski definition) is 1. The monoisotopic (exact) mass is 363 g/mol. The van der Waals surface area contributed by atoms with Crippen LogP contribution in [-0.4, -0.2) is 4.98 Å². The zero-order chi connectivity index (χ0) is 14.1. The van der Waals surface area contributed by atoms with Gasteiger partial charge >= 0.3 is 0 Å².